The SMILES string of the molecule is O=C(NCC(=O)N1CCCc2ccccc21)c1sc(-c2ccccc2)nc1C(F)F. The first kappa shape index (κ1) is 20.2. The molecule has 5 nitrogen and oxygen atoms in total. The van der Waals surface area contributed by atoms with Crippen molar-refractivity contribution in [3.05, 3.63) is 70.7 Å². The molecular weight excluding hydrogens is 408 g/mol. The van der Waals surface area contributed by atoms with E-state index in [-0.39, 0.29) is 17.3 Å². The average Bonchev–Trinajstić information content (AvgIpc) is 3.23. The fourth-order valence-electron chi connectivity index (χ4n) is 3.47. The lowest BCUT2D eigenvalue weighted by molar-refractivity contribution is -0.117. The molecule has 30 heavy (non-hydrogen) atoms. The standard InChI is InChI=1S/C22H19F2N3O2S/c23-20(24)18-19(30-22(26-18)15-8-2-1-3-9-15)21(29)25-13-17(28)27-12-6-10-14-7-4-5-11-16(14)27/h1-5,7-9,11,20H,6,10,12-13H2,(H,25,29). The van der Waals surface area contributed by atoms with Crippen molar-refractivity contribution in [3.8, 4) is 10.6 Å². The molecule has 0 saturated carbocycles. The summed E-state index contributed by atoms with van der Waals surface area (Å²) in [5.41, 5.74) is 2.01. The lowest BCUT2D eigenvalue weighted by Crippen LogP contribution is -2.42. The maximum atomic E-state index is 13.5. The van der Waals surface area contributed by atoms with Crippen LogP contribution in [0.5, 0.6) is 0 Å². The summed E-state index contributed by atoms with van der Waals surface area (Å²) in [6.07, 6.45) is -1.15. The molecule has 8 heteroatoms. The second kappa shape index (κ2) is 8.71. The van der Waals surface area contributed by atoms with Crippen LogP contribution in [0.25, 0.3) is 10.6 Å². The molecule has 0 bridgehead atoms. The van der Waals surface area contributed by atoms with Gasteiger partial charge < -0.3 is 10.2 Å². The van der Waals surface area contributed by atoms with Gasteiger partial charge in [0, 0.05) is 17.8 Å². The van der Waals surface area contributed by atoms with Crippen LogP contribution in [0.15, 0.2) is 54.6 Å². The average molecular weight is 427 g/mol. The molecular formula is C22H19F2N3O2S. The zero-order valence-electron chi connectivity index (χ0n) is 16.0. The molecule has 1 aliphatic heterocycles. The van der Waals surface area contributed by atoms with Gasteiger partial charge in [-0.3, -0.25) is 9.59 Å². The third-order valence-electron chi connectivity index (χ3n) is 4.90. The summed E-state index contributed by atoms with van der Waals surface area (Å²) in [6.45, 7) is 0.293. The molecule has 0 atom stereocenters. The Morgan fingerprint density at radius 3 is 2.60 bits per heavy atom. The Balaban J connectivity index is 1.49. The molecule has 0 spiro atoms. The molecule has 2 amide bonds. The van der Waals surface area contributed by atoms with Gasteiger partial charge in [0.25, 0.3) is 12.3 Å². The third kappa shape index (κ3) is 4.09. The topological polar surface area (TPSA) is 62.3 Å². The van der Waals surface area contributed by atoms with Gasteiger partial charge in [0.15, 0.2) is 0 Å². The van der Waals surface area contributed by atoms with Crippen LogP contribution in [0.3, 0.4) is 0 Å². The highest BCUT2D eigenvalue weighted by Gasteiger charge is 2.27. The Labute approximate surface area is 176 Å². The van der Waals surface area contributed by atoms with Crippen LogP contribution in [0.2, 0.25) is 0 Å². The normalized spacial score (nSPS) is 13.2. The fourth-order valence-corrected chi connectivity index (χ4v) is 4.47. The monoisotopic (exact) mass is 427 g/mol. The Morgan fingerprint density at radius 1 is 1.10 bits per heavy atom. The van der Waals surface area contributed by atoms with E-state index >= 15 is 0 Å². The summed E-state index contributed by atoms with van der Waals surface area (Å²) in [4.78, 5) is 30.7. The lowest BCUT2D eigenvalue weighted by atomic mass is 10.0. The summed E-state index contributed by atoms with van der Waals surface area (Å²) in [5, 5.41) is 2.83. The number of nitrogens with one attached hydrogen (secondary N) is 1. The van der Waals surface area contributed by atoms with Crippen molar-refractivity contribution in [2.24, 2.45) is 0 Å². The minimum Gasteiger partial charge on any atom is -0.342 e. The van der Waals surface area contributed by atoms with E-state index in [0.717, 1.165) is 35.4 Å². The Kier molecular flexibility index (Phi) is 5.85. The number of amides is 2. The number of carbonyl (C=O) groups excluding carboxylic acids is 2. The van der Waals surface area contributed by atoms with E-state index in [1.807, 2.05) is 30.3 Å². The number of para-hydroxylation sites is 1. The van der Waals surface area contributed by atoms with Crippen LogP contribution < -0.4 is 10.2 Å². The summed E-state index contributed by atoms with van der Waals surface area (Å²) >= 11 is 0.897. The maximum absolute atomic E-state index is 13.5. The summed E-state index contributed by atoms with van der Waals surface area (Å²) in [6, 6.07) is 16.5. The number of benzene rings is 2. The van der Waals surface area contributed by atoms with E-state index in [2.05, 4.69) is 10.3 Å². The Hall–Kier alpha value is -3.13. The maximum Gasteiger partial charge on any atom is 0.282 e. The fraction of sp³-hybridized carbons (Fsp3) is 0.227. The zero-order chi connectivity index (χ0) is 21.1. The highest BCUT2D eigenvalue weighted by molar-refractivity contribution is 7.17. The molecule has 0 radical (unpaired) electrons. The second-order valence-corrected chi connectivity index (χ2v) is 7.86. The van der Waals surface area contributed by atoms with Gasteiger partial charge in [0.05, 0.1) is 6.54 Å². The number of nitrogens with zero attached hydrogens (tertiary/aromatic N) is 2. The van der Waals surface area contributed by atoms with E-state index < -0.39 is 18.0 Å². The summed E-state index contributed by atoms with van der Waals surface area (Å²) < 4.78 is 26.9. The van der Waals surface area contributed by atoms with Gasteiger partial charge in [-0.1, -0.05) is 48.5 Å². The van der Waals surface area contributed by atoms with Crippen LogP contribution in [0.1, 0.15) is 33.8 Å². The van der Waals surface area contributed by atoms with E-state index in [0.29, 0.717) is 17.1 Å². The van der Waals surface area contributed by atoms with Gasteiger partial charge in [-0.15, -0.1) is 11.3 Å². The minimum absolute atomic E-state index is 0.171. The van der Waals surface area contributed by atoms with Crippen molar-refractivity contribution >= 4 is 28.8 Å². The molecule has 0 fully saturated rings. The predicted molar refractivity (Wildman–Crippen MR) is 112 cm³/mol. The van der Waals surface area contributed by atoms with Gasteiger partial charge in [-0.2, -0.15) is 0 Å². The molecule has 154 valence electrons. The van der Waals surface area contributed by atoms with Gasteiger partial charge in [-0.05, 0) is 24.5 Å². The van der Waals surface area contributed by atoms with Crippen molar-refractivity contribution < 1.29 is 18.4 Å². The second-order valence-electron chi connectivity index (χ2n) is 6.86. The summed E-state index contributed by atoms with van der Waals surface area (Å²) in [5.74, 6) is -0.995. The van der Waals surface area contributed by atoms with Crippen molar-refractivity contribution in [3.63, 3.8) is 0 Å². The number of hydrogen-bond donors (Lipinski definition) is 1. The van der Waals surface area contributed by atoms with E-state index in [4.69, 9.17) is 0 Å². The molecule has 4 rings (SSSR count). The molecule has 3 aromatic rings. The number of carbonyl (C=O) groups is 2. The summed E-state index contributed by atoms with van der Waals surface area (Å²) in [7, 11) is 0. The number of aromatic nitrogens is 1. The van der Waals surface area contributed by atoms with Crippen LogP contribution in [0, 0.1) is 0 Å². The van der Waals surface area contributed by atoms with Crippen molar-refractivity contribution in [2.75, 3.05) is 18.0 Å². The van der Waals surface area contributed by atoms with Crippen LogP contribution in [-0.2, 0) is 11.2 Å². The van der Waals surface area contributed by atoms with Crippen LogP contribution >= 0.6 is 11.3 Å². The quantitative estimate of drug-likeness (QED) is 0.654. The van der Waals surface area contributed by atoms with Crippen molar-refractivity contribution in [2.45, 2.75) is 19.3 Å². The molecule has 1 aliphatic rings. The highest BCUT2D eigenvalue weighted by Crippen LogP contribution is 2.33. The number of fused-ring (bicyclic) bond motifs is 1. The smallest absolute Gasteiger partial charge is 0.282 e. The first-order valence-electron chi connectivity index (χ1n) is 9.55. The third-order valence-corrected chi connectivity index (χ3v) is 6.02. The van der Waals surface area contributed by atoms with Gasteiger partial charge >= 0.3 is 0 Å². The number of thiazole rings is 1. The Bertz CT molecular complexity index is 1070. The molecule has 2 aromatic carbocycles. The first-order valence-corrected chi connectivity index (χ1v) is 10.4. The van der Waals surface area contributed by atoms with Crippen molar-refractivity contribution in [1.29, 1.82) is 0 Å². The minimum atomic E-state index is -2.89. The molecule has 0 aliphatic carbocycles. The molecule has 0 unspecified atom stereocenters. The number of rotatable bonds is 5. The molecule has 2 heterocycles. The van der Waals surface area contributed by atoms with Crippen LogP contribution in [0.4, 0.5) is 14.5 Å². The van der Waals surface area contributed by atoms with E-state index in [9.17, 15) is 18.4 Å². The van der Waals surface area contributed by atoms with E-state index in [1.165, 1.54) is 0 Å². The predicted octanol–water partition coefficient (Wildman–Crippen LogP) is 4.46. The Morgan fingerprint density at radius 2 is 1.83 bits per heavy atom. The number of hydrogen-bond acceptors (Lipinski definition) is 4. The molecule has 1 aromatic heterocycles. The number of anilines is 1. The van der Waals surface area contributed by atoms with Gasteiger partial charge in [-0.25, -0.2) is 13.8 Å². The lowest BCUT2D eigenvalue weighted by Gasteiger charge is -2.29. The number of aryl methyl sites for hydroxylation is 1. The largest absolute Gasteiger partial charge is 0.342 e. The van der Waals surface area contributed by atoms with Crippen molar-refractivity contribution in [1.82, 2.24) is 10.3 Å². The van der Waals surface area contributed by atoms with E-state index in [1.54, 1.807) is 29.2 Å². The number of alkyl halides is 2. The highest BCUT2D eigenvalue weighted by atomic mass is 32.1. The molecule has 1 N–H and O–H groups in total. The zero-order valence-corrected chi connectivity index (χ0v) is 16.8. The van der Waals surface area contributed by atoms with Gasteiger partial charge in [0.1, 0.15) is 15.6 Å². The van der Waals surface area contributed by atoms with Gasteiger partial charge in [0.2, 0.25) is 5.91 Å². The number of halogens is 2. The first-order chi connectivity index (χ1) is 14.5. The van der Waals surface area contributed by atoms with Crippen LogP contribution in [-0.4, -0.2) is 29.9 Å². The molecule has 0 saturated heterocycles.